The van der Waals surface area contributed by atoms with E-state index in [1.165, 1.54) is 4.90 Å². The quantitative estimate of drug-likeness (QED) is 0.255. The van der Waals surface area contributed by atoms with Crippen LogP contribution in [-0.4, -0.2) is 67.5 Å². The van der Waals surface area contributed by atoms with Gasteiger partial charge in [0.05, 0.1) is 25.3 Å². The monoisotopic (exact) mass is 452 g/mol. The van der Waals surface area contributed by atoms with Crippen LogP contribution < -0.4 is 9.47 Å². The van der Waals surface area contributed by atoms with Crippen LogP contribution >= 0.6 is 0 Å². The van der Waals surface area contributed by atoms with Gasteiger partial charge in [0.1, 0.15) is 17.3 Å². The number of hydrogen-bond acceptors (Lipinski definition) is 6. The lowest BCUT2D eigenvalue weighted by Gasteiger charge is -2.26. The molecular weight excluding hydrogens is 420 g/mol. The van der Waals surface area contributed by atoms with Crippen molar-refractivity contribution in [2.45, 2.75) is 25.8 Å². The van der Waals surface area contributed by atoms with Crippen molar-refractivity contribution in [3.8, 4) is 11.5 Å². The third kappa shape index (κ3) is 5.54. The molecule has 0 spiro atoms. The average molecular weight is 453 g/mol. The average Bonchev–Trinajstić information content (AvgIpc) is 3.07. The fourth-order valence-corrected chi connectivity index (χ4v) is 3.75. The van der Waals surface area contributed by atoms with Gasteiger partial charge in [-0.25, -0.2) is 0 Å². The SMILES string of the molecule is CCCCOc1ccc(C2/C(=C(\O)c3ccc(OC)cc3)C(=O)C(=O)N2CCN(C)C)cc1. The molecule has 7 heteroatoms. The van der Waals surface area contributed by atoms with Gasteiger partial charge < -0.3 is 24.4 Å². The number of amides is 1. The van der Waals surface area contributed by atoms with Gasteiger partial charge in [0.15, 0.2) is 0 Å². The second-order valence-corrected chi connectivity index (χ2v) is 8.30. The van der Waals surface area contributed by atoms with Crippen molar-refractivity contribution < 1.29 is 24.2 Å². The number of carbonyl (C=O) groups is 2. The first-order valence-corrected chi connectivity index (χ1v) is 11.2. The second-order valence-electron chi connectivity index (χ2n) is 8.30. The van der Waals surface area contributed by atoms with Crippen LogP contribution in [0, 0.1) is 0 Å². The number of carbonyl (C=O) groups excluding carboxylic acids is 2. The summed E-state index contributed by atoms with van der Waals surface area (Å²) in [7, 11) is 5.37. The maximum atomic E-state index is 13.1. The van der Waals surface area contributed by atoms with Crippen molar-refractivity contribution in [1.82, 2.24) is 9.80 Å². The minimum Gasteiger partial charge on any atom is -0.507 e. The van der Waals surface area contributed by atoms with Gasteiger partial charge in [0.25, 0.3) is 11.7 Å². The lowest BCUT2D eigenvalue weighted by Crippen LogP contribution is -2.35. The third-order valence-electron chi connectivity index (χ3n) is 5.65. The molecule has 1 amide bonds. The molecule has 33 heavy (non-hydrogen) atoms. The summed E-state index contributed by atoms with van der Waals surface area (Å²) in [5, 5.41) is 11.1. The smallest absolute Gasteiger partial charge is 0.295 e. The van der Waals surface area contributed by atoms with Crippen LogP contribution in [0.2, 0.25) is 0 Å². The summed E-state index contributed by atoms with van der Waals surface area (Å²) in [5.74, 6) is -0.132. The highest BCUT2D eigenvalue weighted by molar-refractivity contribution is 6.46. The molecule has 1 heterocycles. The highest BCUT2D eigenvalue weighted by atomic mass is 16.5. The molecule has 7 nitrogen and oxygen atoms in total. The first-order chi connectivity index (χ1) is 15.9. The molecule has 0 bridgehead atoms. The number of unbranched alkanes of at least 4 members (excludes halogenated alkanes) is 1. The van der Waals surface area contributed by atoms with Gasteiger partial charge in [-0.05, 0) is 62.5 Å². The van der Waals surface area contributed by atoms with Gasteiger partial charge in [-0.15, -0.1) is 0 Å². The molecule has 1 atom stereocenters. The van der Waals surface area contributed by atoms with Crippen LogP contribution in [0.3, 0.4) is 0 Å². The Kier molecular flexibility index (Phi) is 8.11. The van der Waals surface area contributed by atoms with Crippen LogP contribution in [0.15, 0.2) is 54.1 Å². The van der Waals surface area contributed by atoms with Crippen molar-refractivity contribution in [2.24, 2.45) is 0 Å². The summed E-state index contributed by atoms with van der Waals surface area (Å²) in [4.78, 5) is 29.5. The Balaban J connectivity index is 2.02. The van der Waals surface area contributed by atoms with Crippen molar-refractivity contribution in [1.29, 1.82) is 0 Å². The molecule has 0 radical (unpaired) electrons. The number of benzene rings is 2. The van der Waals surface area contributed by atoms with Crippen LogP contribution in [0.1, 0.15) is 36.9 Å². The van der Waals surface area contributed by atoms with Crippen LogP contribution in [0.5, 0.6) is 11.5 Å². The van der Waals surface area contributed by atoms with E-state index in [-0.39, 0.29) is 11.3 Å². The molecular formula is C26H32N2O5. The molecule has 3 rings (SSSR count). The standard InChI is InChI=1S/C26H32N2O5/c1-5-6-17-33-21-13-7-18(8-14-21)23-22(24(29)19-9-11-20(32-4)12-10-19)25(30)26(31)28(23)16-15-27(2)3/h7-14,23,29H,5-6,15-17H2,1-4H3/b24-22+. The Hall–Kier alpha value is -3.32. The minimum absolute atomic E-state index is 0.0866. The van der Waals surface area contributed by atoms with E-state index in [0.29, 0.717) is 31.0 Å². The van der Waals surface area contributed by atoms with E-state index in [1.54, 1.807) is 31.4 Å². The minimum atomic E-state index is -0.685. The molecule has 1 aliphatic heterocycles. The number of likely N-dealkylation sites (N-methyl/N-ethyl adjacent to an activating group) is 1. The number of ketones is 1. The number of Topliss-reactive ketones (excluding diaryl/α,β-unsaturated/α-hetero) is 1. The van der Waals surface area contributed by atoms with Crippen molar-refractivity contribution >= 4 is 17.4 Å². The number of ether oxygens (including phenoxy) is 2. The lowest BCUT2D eigenvalue weighted by molar-refractivity contribution is -0.140. The first kappa shape index (κ1) is 24.3. The van der Waals surface area contributed by atoms with Gasteiger partial charge in [0.2, 0.25) is 0 Å². The van der Waals surface area contributed by atoms with Gasteiger partial charge in [-0.3, -0.25) is 9.59 Å². The van der Waals surface area contributed by atoms with Gasteiger partial charge >= 0.3 is 0 Å². The van der Waals surface area contributed by atoms with Crippen molar-refractivity contribution in [3.05, 3.63) is 65.2 Å². The molecule has 2 aromatic carbocycles. The molecule has 0 saturated carbocycles. The van der Waals surface area contributed by atoms with Crippen LogP contribution in [0.4, 0.5) is 0 Å². The first-order valence-electron chi connectivity index (χ1n) is 11.2. The van der Waals surface area contributed by atoms with Gasteiger partial charge in [-0.2, -0.15) is 0 Å². The summed E-state index contributed by atoms with van der Waals surface area (Å²) in [6.07, 6.45) is 2.01. The Morgan fingerprint density at radius 2 is 1.67 bits per heavy atom. The van der Waals surface area contributed by atoms with E-state index < -0.39 is 17.7 Å². The highest BCUT2D eigenvalue weighted by Crippen LogP contribution is 2.39. The zero-order valence-corrected chi connectivity index (χ0v) is 19.7. The molecule has 1 N–H and O–H groups in total. The second kappa shape index (κ2) is 11.0. The summed E-state index contributed by atoms with van der Waals surface area (Å²) in [5.41, 5.74) is 1.28. The number of nitrogens with zero attached hydrogens (tertiary/aromatic N) is 2. The molecule has 0 aromatic heterocycles. The van der Waals surface area contributed by atoms with Crippen molar-refractivity contribution in [2.75, 3.05) is 40.9 Å². The maximum absolute atomic E-state index is 13.1. The number of likely N-dealkylation sites (tertiary alicyclic amines) is 1. The highest BCUT2D eigenvalue weighted by Gasteiger charge is 2.45. The van der Waals surface area contributed by atoms with Crippen LogP contribution in [0.25, 0.3) is 5.76 Å². The van der Waals surface area contributed by atoms with Gasteiger partial charge in [0, 0.05) is 18.7 Å². The number of aliphatic hydroxyl groups is 1. The lowest BCUT2D eigenvalue weighted by atomic mass is 9.95. The van der Waals surface area contributed by atoms with E-state index in [0.717, 1.165) is 24.2 Å². The largest absolute Gasteiger partial charge is 0.507 e. The third-order valence-corrected chi connectivity index (χ3v) is 5.65. The molecule has 0 aliphatic carbocycles. The predicted octanol–water partition coefficient (Wildman–Crippen LogP) is 3.86. The normalized spacial score (nSPS) is 17.6. The number of hydrogen-bond donors (Lipinski definition) is 1. The van der Waals surface area contributed by atoms with Crippen molar-refractivity contribution in [3.63, 3.8) is 0 Å². The molecule has 1 saturated heterocycles. The van der Waals surface area contributed by atoms with E-state index in [4.69, 9.17) is 9.47 Å². The fraction of sp³-hybridized carbons (Fsp3) is 0.385. The zero-order chi connectivity index (χ0) is 24.0. The van der Waals surface area contributed by atoms with E-state index in [2.05, 4.69) is 6.92 Å². The topological polar surface area (TPSA) is 79.3 Å². The summed E-state index contributed by atoms with van der Waals surface area (Å²) < 4.78 is 10.9. The van der Waals surface area contributed by atoms with E-state index in [1.807, 2.05) is 43.3 Å². The van der Waals surface area contributed by atoms with E-state index in [9.17, 15) is 14.7 Å². The summed E-state index contributed by atoms with van der Waals surface area (Å²) >= 11 is 0. The van der Waals surface area contributed by atoms with Crippen LogP contribution in [-0.2, 0) is 9.59 Å². The Morgan fingerprint density at radius 1 is 1.03 bits per heavy atom. The number of methoxy groups -OCH3 is 1. The summed E-state index contributed by atoms with van der Waals surface area (Å²) in [6, 6.07) is 13.4. The Labute approximate surface area is 195 Å². The molecule has 1 aliphatic rings. The van der Waals surface area contributed by atoms with Gasteiger partial charge in [-0.1, -0.05) is 25.5 Å². The Morgan fingerprint density at radius 3 is 2.24 bits per heavy atom. The van der Waals surface area contributed by atoms with E-state index >= 15 is 0 Å². The number of rotatable bonds is 10. The molecule has 176 valence electrons. The zero-order valence-electron chi connectivity index (χ0n) is 19.7. The number of aliphatic hydroxyl groups excluding tert-OH is 1. The fourth-order valence-electron chi connectivity index (χ4n) is 3.75. The Bertz CT molecular complexity index is 996. The predicted molar refractivity (Wildman–Crippen MR) is 127 cm³/mol. The molecule has 2 aromatic rings. The molecule has 1 fully saturated rings. The summed E-state index contributed by atoms with van der Waals surface area (Å²) in [6.45, 7) is 3.68. The maximum Gasteiger partial charge on any atom is 0.295 e. The molecule has 1 unspecified atom stereocenters.